The largest absolute Gasteiger partial charge is 0.480 e. The quantitative estimate of drug-likeness (QED) is 0.567. The minimum Gasteiger partial charge on any atom is -0.480 e. The Bertz CT molecular complexity index is 450. The van der Waals surface area contributed by atoms with Crippen LogP contribution in [-0.4, -0.2) is 55.1 Å². The molecule has 1 aliphatic heterocycles. The lowest BCUT2D eigenvalue weighted by molar-refractivity contribution is -0.142. The molecule has 10 heteroatoms. The van der Waals surface area contributed by atoms with Crippen LogP contribution in [-0.2, 0) is 19.7 Å². The summed E-state index contributed by atoms with van der Waals surface area (Å²) in [6, 6.07) is 0. The molecule has 0 aliphatic carbocycles. The minimum atomic E-state index is -4.12. The van der Waals surface area contributed by atoms with Crippen LogP contribution in [0.5, 0.6) is 0 Å². The third-order valence-corrected chi connectivity index (χ3v) is 3.94. The van der Waals surface area contributed by atoms with Gasteiger partial charge in [0.1, 0.15) is 5.54 Å². The van der Waals surface area contributed by atoms with Gasteiger partial charge in [0.2, 0.25) is 0 Å². The molecular weight excluding hydrogens is 266 g/mol. The second kappa shape index (κ2) is 5.08. The van der Waals surface area contributed by atoms with Gasteiger partial charge in [0.25, 0.3) is 0 Å². The number of hydrogen-bond donors (Lipinski definition) is 3. The zero-order valence-electron chi connectivity index (χ0n) is 9.75. The maximum atomic E-state index is 11.7. The molecule has 104 valence electrons. The Balaban J connectivity index is 2.72. The average Bonchev–Trinajstić information content (AvgIpc) is 2.62. The van der Waals surface area contributed by atoms with Crippen LogP contribution in [0.2, 0.25) is 0 Å². The van der Waals surface area contributed by atoms with Gasteiger partial charge in [-0.05, 0) is 13.3 Å². The molecule has 1 atom stereocenters. The van der Waals surface area contributed by atoms with Crippen molar-refractivity contribution < 1.29 is 27.9 Å². The highest BCUT2D eigenvalue weighted by molar-refractivity contribution is 7.87. The second-order valence-corrected chi connectivity index (χ2v) is 5.54. The van der Waals surface area contributed by atoms with Crippen molar-refractivity contribution in [3.8, 4) is 0 Å². The number of rotatable bonds is 4. The number of carboxylic acid groups (broad SMARTS) is 1. The van der Waals surface area contributed by atoms with Crippen molar-refractivity contribution in [3.63, 3.8) is 0 Å². The van der Waals surface area contributed by atoms with E-state index < -0.39 is 34.4 Å². The molecule has 0 aromatic heterocycles. The number of carbonyl (C=O) groups excluding carboxylic acids is 1. The standard InChI is InChI=1S/C8H15N3O6S/c1-2-17-7(14)10-18(15,16)11-4-3-8(9,5-11)6(12)13/h2-5,9H2,1H3,(H,10,14)(H,12,13). The Hall–Kier alpha value is -1.39. The molecule has 1 heterocycles. The second-order valence-electron chi connectivity index (χ2n) is 3.87. The van der Waals surface area contributed by atoms with E-state index in [-0.39, 0.29) is 19.6 Å². The summed E-state index contributed by atoms with van der Waals surface area (Å²) < 4.78 is 30.3. The van der Waals surface area contributed by atoms with E-state index in [9.17, 15) is 18.0 Å². The number of carboxylic acids is 1. The summed E-state index contributed by atoms with van der Waals surface area (Å²) in [4.78, 5) is 21.9. The minimum absolute atomic E-state index is 0.0218. The molecule has 1 saturated heterocycles. The number of nitrogens with zero attached hydrogens (tertiary/aromatic N) is 1. The van der Waals surface area contributed by atoms with Gasteiger partial charge in [-0.25, -0.2) is 9.52 Å². The van der Waals surface area contributed by atoms with Crippen LogP contribution in [0.15, 0.2) is 0 Å². The van der Waals surface area contributed by atoms with Crippen LogP contribution in [0.3, 0.4) is 0 Å². The van der Waals surface area contributed by atoms with Gasteiger partial charge in [-0.1, -0.05) is 0 Å². The van der Waals surface area contributed by atoms with Gasteiger partial charge in [0, 0.05) is 13.1 Å². The normalized spacial score (nSPS) is 24.8. The van der Waals surface area contributed by atoms with Crippen molar-refractivity contribution in [3.05, 3.63) is 0 Å². The molecule has 18 heavy (non-hydrogen) atoms. The first-order chi connectivity index (χ1) is 8.21. The van der Waals surface area contributed by atoms with E-state index in [1.165, 1.54) is 6.92 Å². The van der Waals surface area contributed by atoms with Gasteiger partial charge in [0.05, 0.1) is 6.61 Å². The molecule has 0 spiro atoms. The predicted octanol–water partition coefficient (Wildman–Crippen LogP) is -1.53. The number of nitrogens with one attached hydrogen (secondary N) is 1. The smallest absolute Gasteiger partial charge is 0.421 e. The topological polar surface area (TPSA) is 139 Å². The Morgan fingerprint density at radius 3 is 2.61 bits per heavy atom. The molecule has 1 unspecified atom stereocenters. The first-order valence-electron chi connectivity index (χ1n) is 5.18. The number of amides is 1. The molecule has 0 saturated carbocycles. The van der Waals surface area contributed by atoms with Gasteiger partial charge >= 0.3 is 22.3 Å². The summed E-state index contributed by atoms with van der Waals surface area (Å²) >= 11 is 0. The highest BCUT2D eigenvalue weighted by Crippen LogP contribution is 2.21. The summed E-state index contributed by atoms with van der Waals surface area (Å²) in [5.74, 6) is -1.28. The molecule has 0 aromatic carbocycles. The van der Waals surface area contributed by atoms with E-state index in [1.807, 2.05) is 0 Å². The Morgan fingerprint density at radius 1 is 1.56 bits per heavy atom. The van der Waals surface area contributed by atoms with Crippen molar-refractivity contribution in [2.24, 2.45) is 5.73 Å². The Kier molecular flexibility index (Phi) is 4.14. The zero-order valence-corrected chi connectivity index (χ0v) is 10.6. The first kappa shape index (κ1) is 14.7. The van der Waals surface area contributed by atoms with E-state index in [4.69, 9.17) is 10.8 Å². The van der Waals surface area contributed by atoms with Crippen LogP contribution >= 0.6 is 0 Å². The number of hydrogen-bond acceptors (Lipinski definition) is 6. The number of carbonyl (C=O) groups is 2. The van der Waals surface area contributed by atoms with Gasteiger partial charge in [0.15, 0.2) is 0 Å². The molecule has 9 nitrogen and oxygen atoms in total. The van der Waals surface area contributed by atoms with E-state index in [0.717, 1.165) is 4.31 Å². The van der Waals surface area contributed by atoms with Crippen molar-refractivity contribution >= 4 is 22.3 Å². The maximum Gasteiger partial charge on any atom is 0.421 e. The van der Waals surface area contributed by atoms with E-state index in [1.54, 1.807) is 4.72 Å². The third kappa shape index (κ3) is 3.09. The fraction of sp³-hybridized carbons (Fsp3) is 0.750. The Morgan fingerprint density at radius 2 is 2.17 bits per heavy atom. The lowest BCUT2D eigenvalue weighted by Crippen LogP contribution is -2.52. The third-order valence-electron chi connectivity index (χ3n) is 2.52. The van der Waals surface area contributed by atoms with Gasteiger partial charge in [-0.2, -0.15) is 12.7 Å². The molecule has 0 aromatic rings. The fourth-order valence-corrected chi connectivity index (χ4v) is 2.64. The van der Waals surface area contributed by atoms with E-state index in [0.29, 0.717) is 0 Å². The van der Waals surface area contributed by atoms with Crippen molar-refractivity contribution in [2.75, 3.05) is 19.7 Å². The highest BCUT2D eigenvalue weighted by atomic mass is 32.2. The molecule has 4 N–H and O–H groups in total. The average molecular weight is 281 g/mol. The SMILES string of the molecule is CCOC(=O)NS(=O)(=O)N1CCC(N)(C(=O)O)C1. The summed E-state index contributed by atoms with van der Waals surface area (Å²) in [6.45, 7) is 1.09. The van der Waals surface area contributed by atoms with Gasteiger partial charge < -0.3 is 15.6 Å². The molecule has 1 rings (SSSR count). The summed E-state index contributed by atoms with van der Waals surface area (Å²) in [6.07, 6.45) is -1.13. The van der Waals surface area contributed by atoms with Crippen LogP contribution in [0.1, 0.15) is 13.3 Å². The highest BCUT2D eigenvalue weighted by Gasteiger charge is 2.45. The fourth-order valence-electron chi connectivity index (χ4n) is 1.51. The number of nitrogens with two attached hydrogens (primary N) is 1. The maximum absolute atomic E-state index is 11.7. The van der Waals surface area contributed by atoms with E-state index in [2.05, 4.69) is 4.74 Å². The Labute approximate surface area is 104 Å². The molecule has 1 fully saturated rings. The molecule has 1 amide bonds. The van der Waals surface area contributed by atoms with Crippen LogP contribution in [0.25, 0.3) is 0 Å². The zero-order chi connectivity index (χ0) is 14.0. The van der Waals surface area contributed by atoms with E-state index >= 15 is 0 Å². The number of ether oxygens (including phenoxy) is 1. The molecular formula is C8H15N3O6S. The van der Waals surface area contributed by atoms with Crippen molar-refractivity contribution in [1.29, 1.82) is 0 Å². The lowest BCUT2D eigenvalue weighted by Gasteiger charge is -2.19. The summed E-state index contributed by atoms with van der Waals surface area (Å²) in [5.41, 5.74) is 3.91. The van der Waals surface area contributed by atoms with Gasteiger partial charge in [-0.3, -0.25) is 4.79 Å². The first-order valence-corrected chi connectivity index (χ1v) is 6.62. The number of aliphatic carboxylic acids is 1. The summed E-state index contributed by atoms with van der Waals surface area (Å²) in [7, 11) is -4.12. The van der Waals surface area contributed by atoms with Crippen molar-refractivity contribution in [2.45, 2.75) is 18.9 Å². The van der Waals surface area contributed by atoms with Crippen LogP contribution in [0, 0.1) is 0 Å². The molecule has 0 radical (unpaired) electrons. The van der Waals surface area contributed by atoms with Crippen LogP contribution in [0.4, 0.5) is 4.79 Å². The molecule has 1 aliphatic rings. The lowest BCUT2D eigenvalue weighted by atomic mass is 10.0. The molecule has 0 bridgehead atoms. The van der Waals surface area contributed by atoms with Crippen LogP contribution < -0.4 is 10.5 Å². The summed E-state index contributed by atoms with van der Waals surface area (Å²) in [5, 5.41) is 8.86. The monoisotopic (exact) mass is 281 g/mol. The predicted molar refractivity (Wildman–Crippen MR) is 59.8 cm³/mol. The van der Waals surface area contributed by atoms with Gasteiger partial charge in [-0.15, -0.1) is 0 Å². The van der Waals surface area contributed by atoms with Crippen molar-refractivity contribution in [1.82, 2.24) is 9.03 Å².